The number of nitro groups is 1. The van der Waals surface area contributed by atoms with Crippen LogP contribution in [0, 0.1) is 10.1 Å². The summed E-state index contributed by atoms with van der Waals surface area (Å²) >= 11 is 0. The highest BCUT2D eigenvalue weighted by atomic mass is 16.6. The van der Waals surface area contributed by atoms with Crippen molar-refractivity contribution in [1.82, 2.24) is 0 Å². The molecule has 1 rings (SSSR count). The number of carbonyl (C=O) groups is 2. The first-order chi connectivity index (χ1) is 7.04. The van der Waals surface area contributed by atoms with Crippen LogP contribution in [0.1, 0.15) is 15.9 Å². The number of hydrogen-bond acceptors (Lipinski definition) is 4. The van der Waals surface area contributed by atoms with Gasteiger partial charge >= 0.3 is 5.97 Å². The molecular weight excluding hydrogens is 202 g/mol. The van der Waals surface area contributed by atoms with Gasteiger partial charge < -0.3 is 5.11 Å². The van der Waals surface area contributed by atoms with Gasteiger partial charge in [-0.1, -0.05) is 6.07 Å². The smallest absolute Gasteiger partial charge is 0.307 e. The molecule has 0 spiro atoms. The van der Waals surface area contributed by atoms with E-state index in [4.69, 9.17) is 5.11 Å². The molecule has 15 heavy (non-hydrogen) atoms. The first-order valence-corrected chi connectivity index (χ1v) is 3.99. The Balaban J connectivity index is 3.15. The van der Waals surface area contributed by atoms with Crippen LogP contribution in [0.3, 0.4) is 0 Å². The second kappa shape index (κ2) is 4.32. The summed E-state index contributed by atoms with van der Waals surface area (Å²) in [5, 5.41) is 19.0. The number of carbonyl (C=O) groups excluding carboxylic acids is 1. The first-order valence-electron chi connectivity index (χ1n) is 3.99. The number of carboxylic acids is 1. The lowest BCUT2D eigenvalue weighted by Crippen LogP contribution is -2.02. The number of nitro benzene ring substituents is 1. The van der Waals surface area contributed by atoms with E-state index < -0.39 is 10.9 Å². The lowest BCUT2D eigenvalue weighted by Gasteiger charge is -1.99. The van der Waals surface area contributed by atoms with Gasteiger partial charge in [-0.2, -0.15) is 0 Å². The molecule has 0 saturated heterocycles. The van der Waals surface area contributed by atoms with Gasteiger partial charge in [0.1, 0.15) is 0 Å². The summed E-state index contributed by atoms with van der Waals surface area (Å²) in [5.41, 5.74) is -0.141. The zero-order chi connectivity index (χ0) is 11.4. The summed E-state index contributed by atoms with van der Waals surface area (Å²) < 4.78 is 0. The first kappa shape index (κ1) is 10.8. The van der Waals surface area contributed by atoms with Crippen LogP contribution < -0.4 is 0 Å². The van der Waals surface area contributed by atoms with Crippen LogP contribution >= 0.6 is 0 Å². The minimum Gasteiger partial charge on any atom is -0.481 e. The van der Waals surface area contributed by atoms with E-state index in [0.29, 0.717) is 11.8 Å². The minimum atomic E-state index is -1.08. The molecule has 0 bridgehead atoms. The monoisotopic (exact) mass is 209 g/mol. The van der Waals surface area contributed by atoms with Crippen molar-refractivity contribution in [3.05, 3.63) is 39.4 Å². The number of rotatable bonds is 4. The number of carboxylic acid groups (broad SMARTS) is 1. The Morgan fingerprint density at radius 2 is 2.20 bits per heavy atom. The number of benzene rings is 1. The molecule has 0 radical (unpaired) electrons. The lowest BCUT2D eigenvalue weighted by molar-refractivity contribution is -0.385. The molecule has 0 heterocycles. The van der Waals surface area contributed by atoms with Crippen LogP contribution in [-0.4, -0.2) is 22.3 Å². The Kier molecular flexibility index (Phi) is 3.12. The molecule has 0 fully saturated rings. The second-order valence-electron chi connectivity index (χ2n) is 2.84. The number of aliphatic carboxylic acids is 1. The van der Waals surface area contributed by atoms with Crippen molar-refractivity contribution in [2.75, 3.05) is 0 Å². The molecular formula is C9H7NO5. The van der Waals surface area contributed by atoms with Gasteiger partial charge in [0, 0.05) is 6.07 Å². The van der Waals surface area contributed by atoms with E-state index in [1.807, 2.05) is 0 Å². The standard InChI is InChI=1S/C9H7NO5/c11-5-7-2-1-6(4-9(12)13)3-8(7)10(14)15/h1-3,5H,4H2,(H,12,13). The average Bonchev–Trinajstić information content (AvgIpc) is 2.16. The molecule has 78 valence electrons. The molecule has 1 N–H and O–H groups in total. The summed E-state index contributed by atoms with van der Waals surface area (Å²) in [7, 11) is 0. The number of hydrogen-bond donors (Lipinski definition) is 1. The maximum atomic E-state index is 10.5. The fourth-order valence-corrected chi connectivity index (χ4v) is 1.13. The van der Waals surface area contributed by atoms with Crippen LogP contribution in [0.25, 0.3) is 0 Å². The van der Waals surface area contributed by atoms with Crippen LogP contribution in [0.4, 0.5) is 5.69 Å². The lowest BCUT2D eigenvalue weighted by atomic mass is 10.1. The molecule has 0 amide bonds. The molecule has 0 aromatic heterocycles. The van der Waals surface area contributed by atoms with Gasteiger partial charge in [0.05, 0.1) is 16.9 Å². The zero-order valence-corrected chi connectivity index (χ0v) is 7.54. The van der Waals surface area contributed by atoms with Crippen molar-refractivity contribution in [3.63, 3.8) is 0 Å². The van der Waals surface area contributed by atoms with Crippen LogP contribution in [0.5, 0.6) is 0 Å². The molecule has 6 heteroatoms. The molecule has 0 aliphatic heterocycles. The Hall–Kier alpha value is -2.24. The Morgan fingerprint density at radius 3 is 2.67 bits per heavy atom. The molecule has 0 unspecified atom stereocenters. The van der Waals surface area contributed by atoms with Gasteiger partial charge in [0.25, 0.3) is 5.69 Å². The maximum Gasteiger partial charge on any atom is 0.307 e. The van der Waals surface area contributed by atoms with E-state index in [1.54, 1.807) is 0 Å². The van der Waals surface area contributed by atoms with Gasteiger partial charge in [0.2, 0.25) is 0 Å². The fourth-order valence-electron chi connectivity index (χ4n) is 1.13. The highest BCUT2D eigenvalue weighted by molar-refractivity contribution is 5.82. The topological polar surface area (TPSA) is 97.5 Å². The highest BCUT2D eigenvalue weighted by Crippen LogP contribution is 2.18. The third kappa shape index (κ3) is 2.60. The van der Waals surface area contributed by atoms with Gasteiger partial charge in [-0.15, -0.1) is 0 Å². The van der Waals surface area contributed by atoms with Crippen molar-refractivity contribution in [3.8, 4) is 0 Å². The fraction of sp³-hybridized carbons (Fsp3) is 0.111. The normalized spacial score (nSPS) is 9.60. The maximum absolute atomic E-state index is 10.5. The van der Waals surface area contributed by atoms with Gasteiger partial charge in [-0.25, -0.2) is 0 Å². The van der Waals surface area contributed by atoms with Crippen LogP contribution in [0.15, 0.2) is 18.2 Å². The summed E-state index contributed by atoms with van der Waals surface area (Å²) in [4.78, 5) is 30.6. The van der Waals surface area contributed by atoms with Gasteiger partial charge in [-0.3, -0.25) is 19.7 Å². The van der Waals surface area contributed by atoms with E-state index in [0.717, 1.165) is 6.07 Å². The average molecular weight is 209 g/mol. The van der Waals surface area contributed by atoms with E-state index >= 15 is 0 Å². The van der Waals surface area contributed by atoms with Gasteiger partial charge in [0.15, 0.2) is 6.29 Å². The van der Waals surface area contributed by atoms with E-state index in [2.05, 4.69) is 0 Å². The third-order valence-corrected chi connectivity index (χ3v) is 1.77. The SMILES string of the molecule is O=Cc1ccc(CC(=O)O)cc1[N+](=O)[O-]. The largest absolute Gasteiger partial charge is 0.481 e. The summed E-state index contributed by atoms with van der Waals surface area (Å²) in [6, 6.07) is 3.71. The van der Waals surface area contributed by atoms with E-state index in [-0.39, 0.29) is 17.7 Å². The molecule has 0 atom stereocenters. The predicted octanol–water partition coefficient (Wildman–Crippen LogP) is 1.03. The second-order valence-corrected chi connectivity index (χ2v) is 2.84. The quantitative estimate of drug-likeness (QED) is 0.453. The van der Waals surface area contributed by atoms with Crippen molar-refractivity contribution < 1.29 is 19.6 Å². The van der Waals surface area contributed by atoms with Crippen molar-refractivity contribution >= 4 is 17.9 Å². The predicted molar refractivity (Wildman–Crippen MR) is 49.8 cm³/mol. The summed E-state index contributed by atoms with van der Waals surface area (Å²) in [6.45, 7) is 0. The Bertz CT molecular complexity index is 427. The molecule has 6 nitrogen and oxygen atoms in total. The number of aldehydes is 1. The van der Waals surface area contributed by atoms with E-state index in [1.165, 1.54) is 12.1 Å². The molecule has 0 saturated carbocycles. The van der Waals surface area contributed by atoms with Crippen LogP contribution in [-0.2, 0) is 11.2 Å². The summed E-state index contributed by atoms with van der Waals surface area (Å²) in [5.74, 6) is -1.08. The van der Waals surface area contributed by atoms with E-state index in [9.17, 15) is 19.7 Å². The van der Waals surface area contributed by atoms with Crippen molar-refractivity contribution in [1.29, 1.82) is 0 Å². The third-order valence-electron chi connectivity index (χ3n) is 1.77. The zero-order valence-electron chi connectivity index (χ0n) is 7.54. The Labute approximate surface area is 84.3 Å². The van der Waals surface area contributed by atoms with Crippen LogP contribution in [0.2, 0.25) is 0 Å². The van der Waals surface area contributed by atoms with Crippen molar-refractivity contribution in [2.45, 2.75) is 6.42 Å². The number of nitrogens with zero attached hydrogens (tertiary/aromatic N) is 1. The van der Waals surface area contributed by atoms with Gasteiger partial charge in [-0.05, 0) is 11.6 Å². The molecule has 0 aliphatic rings. The highest BCUT2D eigenvalue weighted by Gasteiger charge is 2.14. The minimum absolute atomic E-state index is 0.0610. The summed E-state index contributed by atoms with van der Waals surface area (Å²) in [6.07, 6.45) is 0.0582. The molecule has 1 aromatic carbocycles. The Morgan fingerprint density at radius 1 is 1.53 bits per heavy atom. The van der Waals surface area contributed by atoms with Crippen molar-refractivity contribution in [2.24, 2.45) is 0 Å². The molecule has 0 aliphatic carbocycles. The molecule has 1 aromatic rings.